The first kappa shape index (κ1) is 10.3. The lowest BCUT2D eigenvalue weighted by atomic mass is 9.98. The summed E-state index contributed by atoms with van der Waals surface area (Å²) in [6.07, 6.45) is 1.67. The average Bonchev–Trinajstić information content (AvgIpc) is 2.08. The van der Waals surface area contributed by atoms with Crippen LogP contribution in [0.3, 0.4) is 0 Å². The maximum Gasteiger partial charge on any atom is 0.151 e. The molecule has 0 aromatic carbocycles. The molecule has 72 valence electrons. The number of hydrogen-bond donors (Lipinski definition) is 2. The maximum absolute atomic E-state index is 5.92. The van der Waals surface area contributed by atoms with E-state index in [0.29, 0.717) is 16.8 Å². The largest absolute Gasteiger partial charge is 0.396 e. The van der Waals surface area contributed by atoms with Crippen LogP contribution < -0.4 is 11.5 Å². The number of nitrogens with zero attached hydrogens (tertiary/aromatic N) is 1. The van der Waals surface area contributed by atoms with Gasteiger partial charge < -0.3 is 11.5 Å². The van der Waals surface area contributed by atoms with Crippen molar-refractivity contribution in [1.29, 1.82) is 0 Å². The minimum Gasteiger partial charge on any atom is -0.396 e. The zero-order valence-corrected chi connectivity index (χ0v) is 8.55. The lowest BCUT2D eigenvalue weighted by Gasteiger charge is -2.15. The number of aromatic nitrogens is 1. The Morgan fingerprint density at radius 2 is 2.08 bits per heavy atom. The molecule has 1 aromatic rings. The summed E-state index contributed by atoms with van der Waals surface area (Å²) < 4.78 is 0. The van der Waals surface area contributed by atoms with Crippen LogP contribution in [0.4, 0.5) is 5.69 Å². The molecule has 0 aliphatic heterocycles. The summed E-state index contributed by atoms with van der Waals surface area (Å²) in [5.74, 6) is 0.363. The molecule has 4 heteroatoms. The Morgan fingerprint density at radius 1 is 1.46 bits per heavy atom. The van der Waals surface area contributed by atoms with Crippen molar-refractivity contribution in [2.24, 2.45) is 11.7 Å². The Balaban J connectivity index is 2.97. The van der Waals surface area contributed by atoms with Gasteiger partial charge in [-0.15, -0.1) is 0 Å². The van der Waals surface area contributed by atoms with Crippen LogP contribution in [0.5, 0.6) is 0 Å². The fourth-order valence-corrected chi connectivity index (χ4v) is 1.15. The van der Waals surface area contributed by atoms with Crippen LogP contribution in [0, 0.1) is 5.92 Å². The van der Waals surface area contributed by atoms with Crippen LogP contribution in [0.15, 0.2) is 12.3 Å². The van der Waals surface area contributed by atoms with Gasteiger partial charge in [-0.2, -0.15) is 0 Å². The number of halogens is 1. The molecule has 1 rings (SSSR count). The normalized spacial score (nSPS) is 13.3. The molecule has 0 bridgehead atoms. The second kappa shape index (κ2) is 3.94. The van der Waals surface area contributed by atoms with Gasteiger partial charge in [0, 0.05) is 12.2 Å². The summed E-state index contributed by atoms with van der Waals surface area (Å²) in [5, 5.41) is 0.333. The van der Waals surface area contributed by atoms with E-state index >= 15 is 0 Å². The van der Waals surface area contributed by atoms with Gasteiger partial charge in [0.15, 0.2) is 5.15 Å². The van der Waals surface area contributed by atoms with Gasteiger partial charge in [-0.3, -0.25) is 0 Å². The third kappa shape index (κ3) is 2.32. The predicted molar refractivity (Wildman–Crippen MR) is 55.4 cm³/mol. The quantitative estimate of drug-likeness (QED) is 0.716. The van der Waals surface area contributed by atoms with E-state index in [1.807, 2.05) is 0 Å². The van der Waals surface area contributed by atoms with E-state index in [1.165, 1.54) is 0 Å². The van der Waals surface area contributed by atoms with Crippen LogP contribution in [0.1, 0.15) is 25.5 Å². The second-order valence-electron chi connectivity index (χ2n) is 3.42. The highest BCUT2D eigenvalue weighted by Gasteiger charge is 2.11. The van der Waals surface area contributed by atoms with Gasteiger partial charge in [-0.05, 0) is 17.5 Å². The van der Waals surface area contributed by atoms with Crippen molar-refractivity contribution < 1.29 is 0 Å². The molecule has 3 nitrogen and oxygen atoms in total. The van der Waals surface area contributed by atoms with E-state index in [0.717, 1.165) is 5.56 Å². The number of anilines is 1. The minimum absolute atomic E-state index is 0.0351. The van der Waals surface area contributed by atoms with E-state index in [4.69, 9.17) is 23.1 Å². The molecule has 13 heavy (non-hydrogen) atoms. The summed E-state index contributed by atoms with van der Waals surface area (Å²) >= 11 is 5.69. The second-order valence-corrected chi connectivity index (χ2v) is 3.78. The maximum atomic E-state index is 5.92. The first-order chi connectivity index (χ1) is 6.02. The minimum atomic E-state index is -0.0351. The van der Waals surface area contributed by atoms with Gasteiger partial charge in [0.2, 0.25) is 0 Å². The summed E-state index contributed by atoms with van der Waals surface area (Å²) in [7, 11) is 0. The Morgan fingerprint density at radius 3 is 2.54 bits per heavy atom. The molecular weight excluding hydrogens is 186 g/mol. The van der Waals surface area contributed by atoms with Crippen molar-refractivity contribution in [3.8, 4) is 0 Å². The van der Waals surface area contributed by atoms with E-state index in [2.05, 4.69) is 18.8 Å². The highest BCUT2D eigenvalue weighted by Crippen LogP contribution is 2.23. The summed E-state index contributed by atoms with van der Waals surface area (Å²) in [5.41, 5.74) is 12.9. The highest BCUT2D eigenvalue weighted by atomic mass is 35.5. The molecule has 0 saturated heterocycles. The van der Waals surface area contributed by atoms with E-state index in [-0.39, 0.29) is 6.04 Å². The molecule has 0 amide bonds. The molecule has 0 unspecified atom stereocenters. The Labute approximate surface area is 83.1 Å². The third-order valence-electron chi connectivity index (χ3n) is 1.99. The van der Waals surface area contributed by atoms with Crippen molar-refractivity contribution in [1.82, 2.24) is 4.98 Å². The number of nitrogens with two attached hydrogens (primary N) is 2. The fourth-order valence-electron chi connectivity index (χ4n) is 1.05. The van der Waals surface area contributed by atoms with Crippen LogP contribution >= 0.6 is 11.6 Å². The zero-order chi connectivity index (χ0) is 10.0. The smallest absolute Gasteiger partial charge is 0.151 e. The van der Waals surface area contributed by atoms with Gasteiger partial charge in [0.05, 0.1) is 5.69 Å². The monoisotopic (exact) mass is 199 g/mol. The Kier molecular flexibility index (Phi) is 3.12. The molecule has 4 N–H and O–H groups in total. The van der Waals surface area contributed by atoms with E-state index in [9.17, 15) is 0 Å². The number of rotatable bonds is 2. The number of hydrogen-bond acceptors (Lipinski definition) is 3. The van der Waals surface area contributed by atoms with E-state index in [1.54, 1.807) is 12.3 Å². The average molecular weight is 200 g/mol. The Bertz CT molecular complexity index is 299. The SMILES string of the molecule is CC(C)[C@@H](N)c1cnc(Cl)c(N)c1. The lowest BCUT2D eigenvalue weighted by Crippen LogP contribution is -2.17. The van der Waals surface area contributed by atoms with Crippen LogP contribution in [0.25, 0.3) is 0 Å². The van der Waals surface area contributed by atoms with E-state index < -0.39 is 0 Å². The number of pyridine rings is 1. The molecule has 0 saturated carbocycles. The van der Waals surface area contributed by atoms with Crippen molar-refractivity contribution in [2.75, 3.05) is 5.73 Å². The van der Waals surface area contributed by atoms with Crippen molar-refractivity contribution in [3.63, 3.8) is 0 Å². The summed E-state index contributed by atoms with van der Waals surface area (Å²) in [4.78, 5) is 3.94. The highest BCUT2D eigenvalue weighted by molar-refractivity contribution is 6.31. The summed E-state index contributed by atoms with van der Waals surface area (Å²) in [6, 6.07) is 1.74. The molecule has 1 atom stereocenters. The number of nitrogen functional groups attached to an aromatic ring is 1. The van der Waals surface area contributed by atoms with Crippen LogP contribution in [-0.2, 0) is 0 Å². The third-order valence-corrected chi connectivity index (χ3v) is 2.31. The van der Waals surface area contributed by atoms with Crippen molar-refractivity contribution in [2.45, 2.75) is 19.9 Å². The fraction of sp³-hybridized carbons (Fsp3) is 0.444. The van der Waals surface area contributed by atoms with Gasteiger partial charge in [-0.25, -0.2) is 4.98 Å². The molecule has 0 fully saturated rings. The van der Waals surface area contributed by atoms with Gasteiger partial charge >= 0.3 is 0 Å². The molecule has 0 aliphatic rings. The van der Waals surface area contributed by atoms with Gasteiger partial charge in [0.25, 0.3) is 0 Å². The molecule has 1 aromatic heterocycles. The van der Waals surface area contributed by atoms with Gasteiger partial charge in [-0.1, -0.05) is 25.4 Å². The molecule has 1 heterocycles. The Hall–Kier alpha value is -0.800. The molecule has 0 radical (unpaired) electrons. The first-order valence-corrected chi connectivity index (χ1v) is 4.56. The van der Waals surface area contributed by atoms with Crippen LogP contribution in [0.2, 0.25) is 5.15 Å². The zero-order valence-electron chi connectivity index (χ0n) is 7.79. The molecular formula is C9H14ClN3. The standard InChI is InChI=1S/C9H14ClN3/c1-5(2)8(12)6-3-7(11)9(10)13-4-6/h3-5,8H,11-12H2,1-2H3/t8-/m1/s1. The molecule has 0 aliphatic carbocycles. The molecule has 0 spiro atoms. The lowest BCUT2D eigenvalue weighted by molar-refractivity contribution is 0.513. The van der Waals surface area contributed by atoms with Gasteiger partial charge in [0.1, 0.15) is 0 Å². The summed E-state index contributed by atoms with van der Waals surface area (Å²) in [6.45, 7) is 4.10. The van der Waals surface area contributed by atoms with Crippen LogP contribution in [-0.4, -0.2) is 4.98 Å². The van der Waals surface area contributed by atoms with Crippen molar-refractivity contribution in [3.05, 3.63) is 23.0 Å². The first-order valence-electron chi connectivity index (χ1n) is 4.19. The van der Waals surface area contributed by atoms with Crippen molar-refractivity contribution >= 4 is 17.3 Å². The topological polar surface area (TPSA) is 64.9 Å². The predicted octanol–water partition coefficient (Wildman–Crippen LogP) is 1.97.